The van der Waals surface area contributed by atoms with Gasteiger partial charge < -0.3 is 0 Å². The number of hydrogen-bond donors (Lipinski definition) is 0. The highest BCUT2D eigenvalue weighted by Crippen LogP contribution is 2.22. The normalized spacial score (nSPS) is 15.7. The summed E-state index contributed by atoms with van der Waals surface area (Å²) >= 11 is 0. The van der Waals surface area contributed by atoms with Crippen LogP contribution in [0.5, 0.6) is 0 Å². The van der Waals surface area contributed by atoms with E-state index in [4.69, 9.17) is 0 Å². The molecule has 84 valence electrons. The zero-order valence-electron chi connectivity index (χ0n) is 9.16. The lowest BCUT2D eigenvalue weighted by atomic mass is 10.1. The zero-order chi connectivity index (χ0) is 12.3. The molecule has 0 aliphatic carbocycles. The number of rotatable bonds is 5. The van der Waals surface area contributed by atoms with Crippen LogP contribution in [0.1, 0.15) is 13.3 Å². The van der Waals surface area contributed by atoms with E-state index in [1.807, 2.05) is 0 Å². The van der Waals surface area contributed by atoms with Crippen molar-refractivity contribution in [1.29, 1.82) is 0 Å². The van der Waals surface area contributed by atoms with Gasteiger partial charge in [0, 0.05) is 13.0 Å². The van der Waals surface area contributed by atoms with Crippen LogP contribution in [0, 0.1) is 0 Å². The Hall–Kier alpha value is -1.97. The lowest BCUT2D eigenvalue weighted by Gasteiger charge is -2.13. The minimum absolute atomic E-state index is 0.0622. The van der Waals surface area contributed by atoms with E-state index < -0.39 is 11.8 Å². The summed E-state index contributed by atoms with van der Waals surface area (Å²) in [7, 11) is 0. The minimum atomic E-state index is -0.406. The topological polar surface area (TPSA) is 54.5 Å². The summed E-state index contributed by atoms with van der Waals surface area (Å²) in [6.07, 6.45) is 2.85. The van der Waals surface area contributed by atoms with Crippen LogP contribution in [0.25, 0.3) is 0 Å². The molecule has 16 heavy (non-hydrogen) atoms. The molecule has 1 rings (SSSR count). The molecule has 0 spiro atoms. The summed E-state index contributed by atoms with van der Waals surface area (Å²) in [6.45, 7) is 8.50. The third-order valence-corrected chi connectivity index (χ3v) is 2.34. The van der Waals surface area contributed by atoms with Crippen molar-refractivity contribution in [3.8, 4) is 0 Å². The van der Waals surface area contributed by atoms with Crippen LogP contribution >= 0.6 is 0 Å². The largest absolute Gasteiger partial charge is 0.300 e. The number of nitrogens with zero attached hydrogens (tertiary/aromatic N) is 1. The standard InChI is InChI=1S/C12H13NO3/c1-4-9-10(5-2)12(16)13(11(9)15)7-6-8(3)14/h4-5H,1-2,6-7H2,3H3. The molecule has 0 atom stereocenters. The second-order valence-electron chi connectivity index (χ2n) is 3.45. The van der Waals surface area contributed by atoms with Gasteiger partial charge in [0.15, 0.2) is 0 Å². The Morgan fingerprint density at radius 1 is 1.19 bits per heavy atom. The fourth-order valence-corrected chi connectivity index (χ4v) is 1.48. The lowest BCUT2D eigenvalue weighted by molar-refractivity contribution is -0.137. The molecule has 0 bridgehead atoms. The molecule has 1 heterocycles. The van der Waals surface area contributed by atoms with Gasteiger partial charge in [0.25, 0.3) is 11.8 Å². The van der Waals surface area contributed by atoms with Gasteiger partial charge in [-0.15, -0.1) is 0 Å². The van der Waals surface area contributed by atoms with Crippen molar-refractivity contribution in [2.45, 2.75) is 13.3 Å². The molecule has 0 N–H and O–H groups in total. The van der Waals surface area contributed by atoms with Gasteiger partial charge in [0.05, 0.1) is 11.1 Å². The van der Waals surface area contributed by atoms with E-state index in [0.717, 1.165) is 4.90 Å². The highest BCUT2D eigenvalue weighted by Gasteiger charge is 2.34. The molecule has 0 aromatic carbocycles. The van der Waals surface area contributed by atoms with Gasteiger partial charge >= 0.3 is 0 Å². The molecule has 0 saturated carbocycles. The highest BCUT2D eigenvalue weighted by molar-refractivity contribution is 6.21. The number of amides is 2. The first-order valence-corrected chi connectivity index (χ1v) is 4.87. The van der Waals surface area contributed by atoms with E-state index in [9.17, 15) is 14.4 Å². The van der Waals surface area contributed by atoms with Gasteiger partial charge in [-0.2, -0.15) is 0 Å². The number of Topliss-reactive ketones (excluding diaryl/α,β-unsaturated/α-hetero) is 1. The van der Waals surface area contributed by atoms with Crippen molar-refractivity contribution in [2.75, 3.05) is 6.54 Å². The second-order valence-corrected chi connectivity index (χ2v) is 3.45. The predicted molar refractivity (Wildman–Crippen MR) is 59.4 cm³/mol. The first-order chi connectivity index (χ1) is 7.52. The molecule has 1 aliphatic rings. The van der Waals surface area contributed by atoms with Crippen LogP contribution in [0.4, 0.5) is 0 Å². The Bertz CT molecular complexity index is 388. The van der Waals surface area contributed by atoms with E-state index >= 15 is 0 Å². The molecule has 4 nitrogen and oxygen atoms in total. The molecule has 0 saturated heterocycles. The highest BCUT2D eigenvalue weighted by atomic mass is 16.2. The molecule has 4 heteroatoms. The molecule has 0 aromatic rings. The Morgan fingerprint density at radius 3 is 1.94 bits per heavy atom. The minimum Gasteiger partial charge on any atom is -0.300 e. The van der Waals surface area contributed by atoms with Crippen LogP contribution < -0.4 is 0 Å². The van der Waals surface area contributed by atoms with Gasteiger partial charge in [-0.25, -0.2) is 0 Å². The van der Waals surface area contributed by atoms with Crippen molar-refractivity contribution < 1.29 is 14.4 Å². The zero-order valence-corrected chi connectivity index (χ0v) is 9.16. The van der Waals surface area contributed by atoms with Crippen LogP contribution in [0.15, 0.2) is 36.5 Å². The Kier molecular flexibility index (Phi) is 3.55. The second kappa shape index (κ2) is 4.70. The smallest absolute Gasteiger partial charge is 0.261 e. The fourth-order valence-electron chi connectivity index (χ4n) is 1.48. The van der Waals surface area contributed by atoms with Gasteiger partial charge in [-0.3, -0.25) is 19.3 Å². The number of carbonyl (C=O) groups excluding carboxylic acids is 3. The maximum Gasteiger partial charge on any atom is 0.261 e. The molecule has 0 fully saturated rings. The van der Waals surface area contributed by atoms with Gasteiger partial charge in [0.2, 0.25) is 0 Å². The van der Waals surface area contributed by atoms with Crippen molar-refractivity contribution in [1.82, 2.24) is 4.90 Å². The molecule has 0 unspecified atom stereocenters. The molecule has 0 aromatic heterocycles. The average molecular weight is 219 g/mol. The lowest BCUT2D eigenvalue weighted by Crippen LogP contribution is -2.33. The number of carbonyl (C=O) groups is 3. The Balaban J connectivity index is 2.92. The first-order valence-electron chi connectivity index (χ1n) is 4.87. The average Bonchev–Trinajstić information content (AvgIpc) is 2.46. The van der Waals surface area contributed by atoms with Crippen molar-refractivity contribution in [3.63, 3.8) is 0 Å². The van der Waals surface area contributed by atoms with Crippen molar-refractivity contribution >= 4 is 17.6 Å². The summed E-state index contributed by atoms with van der Waals surface area (Å²) < 4.78 is 0. The maximum absolute atomic E-state index is 11.7. The van der Waals surface area contributed by atoms with Crippen LogP contribution in [0.2, 0.25) is 0 Å². The van der Waals surface area contributed by atoms with Gasteiger partial charge in [0.1, 0.15) is 5.78 Å². The van der Waals surface area contributed by atoms with Gasteiger partial charge in [-0.05, 0) is 6.92 Å². The quantitative estimate of drug-likeness (QED) is 0.648. The van der Waals surface area contributed by atoms with Gasteiger partial charge in [-0.1, -0.05) is 25.3 Å². The predicted octanol–water partition coefficient (Wildman–Crippen LogP) is 1.00. The SMILES string of the molecule is C=CC1=C(C=C)C(=O)N(CCC(C)=O)C1=O. The maximum atomic E-state index is 11.7. The summed E-state index contributed by atoms with van der Waals surface area (Å²) in [5.74, 6) is -0.875. The molecular formula is C12H13NO3. The fraction of sp³-hybridized carbons (Fsp3) is 0.250. The number of imide groups is 1. The number of hydrogen-bond acceptors (Lipinski definition) is 3. The van der Waals surface area contributed by atoms with E-state index in [1.165, 1.54) is 19.1 Å². The Labute approximate surface area is 93.9 Å². The summed E-state index contributed by atoms with van der Waals surface area (Å²) in [6, 6.07) is 0. The summed E-state index contributed by atoms with van der Waals surface area (Å²) in [5, 5.41) is 0. The summed E-state index contributed by atoms with van der Waals surface area (Å²) in [5.41, 5.74) is 0.507. The molecule has 1 aliphatic heterocycles. The first kappa shape index (κ1) is 12.1. The molecule has 2 amide bonds. The third-order valence-electron chi connectivity index (χ3n) is 2.34. The van der Waals surface area contributed by atoms with E-state index in [2.05, 4.69) is 13.2 Å². The monoisotopic (exact) mass is 219 g/mol. The summed E-state index contributed by atoms with van der Waals surface area (Å²) in [4.78, 5) is 35.4. The Morgan fingerprint density at radius 2 is 1.62 bits per heavy atom. The third kappa shape index (κ3) is 2.00. The van der Waals surface area contributed by atoms with Crippen molar-refractivity contribution in [3.05, 3.63) is 36.5 Å². The van der Waals surface area contributed by atoms with Crippen LogP contribution in [0.3, 0.4) is 0 Å². The molecular weight excluding hydrogens is 206 g/mol. The van der Waals surface area contributed by atoms with Crippen LogP contribution in [-0.4, -0.2) is 29.0 Å². The van der Waals surface area contributed by atoms with Crippen LogP contribution in [-0.2, 0) is 14.4 Å². The van der Waals surface area contributed by atoms with E-state index in [0.29, 0.717) is 0 Å². The number of ketones is 1. The van der Waals surface area contributed by atoms with E-state index in [1.54, 1.807) is 0 Å². The van der Waals surface area contributed by atoms with E-state index in [-0.39, 0.29) is 29.9 Å². The van der Waals surface area contributed by atoms with Crippen molar-refractivity contribution in [2.24, 2.45) is 0 Å². The molecule has 0 radical (unpaired) electrons.